The van der Waals surface area contributed by atoms with Gasteiger partial charge in [0.15, 0.2) is 0 Å². The first-order valence-corrected chi connectivity index (χ1v) is 15.3. The van der Waals surface area contributed by atoms with Gasteiger partial charge in [0.2, 0.25) is 0 Å². The second kappa shape index (κ2) is 13.5. The predicted octanol–water partition coefficient (Wildman–Crippen LogP) is 6.36. The molecule has 0 unspecified atom stereocenters. The standard InChI is InChI=1S/C31H35F3N2O4S/c1-2-20-36(27-17-18-28-26(22-27)11-8-12-29(28)40-41(38,39)31(32,33)34)21-7-6-19-35-30(37)25-15-13-24(14-16-25)23-9-4-3-5-10-23/h3-5,8-16,27H,2,6-7,17-22H2,1H3,(H,35,37)/t27-/m1/s1. The number of rotatable bonds is 12. The summed E-state index contributed by atoms with van der Waals surface area (Å²) in [6.07, 6.45) is 4.37. The zero-order valence-corrected chi connectivity index (χ0v) is 23.8. The molecular formula is C31H35F3N2O4S. The van der Waals surface area contributed by atoms with Crippen molar-refractivity contribution in [3.05, 3.63) is 89.5 Å². The summed E-state index contributed by atoms with van der Waals surface area (Å²) >= 11 is 0. The quantitative estimate of drug-likeness (QED) is 0.151. The number of halogens is 3. The van der Waals surface area contributed by atoms with Gasteiger partial charge in [0.05, 0.1) is 0 Å². The number of nitrogens with one attached hydrogen (secondary N) is 1. The van der Waals surface area contributed by atoms with E-state index in [-0.39, 0.29) is 17.7 Å². The lowest BCUT2D eigenvalue weighted by Crippen LogP contribution is -2.41. The second-order valence-corrected chi connectivity index (χ2v) is 11.8. The zero-order chi connectivity index (χ0) is 29.5. The third kappa shape index (κ3) is 7.89. The minimum absolute atomic E-state index is 0.107. The fourth-order valence-corrected chi connectivity index (χ4v) is 5.75. The van der Waals surface area contributed by atoms with Crippen LogP contribution < -0.4 is 9.50 Å². The smallest absolute Gasteiger partial charge is 0.376 e. The average molecular weight is 589 g/mol. The van der Waals surface area contributed by atoms with Crippen molar-refractivity contribution in [2.24, 2.45) is 0 Å². The maximum absolute atomic E-state index is 12.8. The number of carbonyl (C=O) groups excluding carboxylic acids is 1. The molecule has 41 heavy (non-hydrogen) atoms. The van der Waals surface area contributed by atoms with Gasteiger partial charge in [0.1, 0.15) is 5.75 Å². The van der Waals surface area contributed by atoms with E-state index >= 15 is 0 Å². The highest BCUT2D eigenvalue weighted by atomic mass is 32.2. The Hall–Kier alpha value is -3.37. The van der Waals surface area contributed by atoms with E-state index in [9.17, 15) is 26.4 Å². The maximum Gasteiger partial charge on any atom is 0.534 e. The molecular weight excluding hydrogens is 553 g/mol. The van der Waals surface area contributed by atoms with Gasteiger partial charge in [-0.1, -0.05) is 61.5 Å². The molecule has 1 amide bonds. The van der Waals surface area contributed by atoms with Crippen molar-refractivity contribution in [3.8, 4) is 16.9 Å². The van der Waals surface area contributed by atoms with Gasteiger partial charge >= 0.3 is 15.6 Å². The predicted molar refractivity (Wildman–Crippen MR) is 153 cm³/mol. The van der Waals surface area contributed by atoms with E-state index in [1.807, 2.05) is 60.7 Å². The molecule has 4 rings (SSSR count). The fraction of sp³-hybridized carbons (Fsp3) is 0.387. The summed E-state index contributed by atoms with van der Waals surface area (Å²) in [7, 11) is -5.72. The first-order valence-electron chi connectivity index (χ1n) is 13.9. The van der Waals surface area contributed by atoms with Crippen LogP contribution in [0.15, 0.2) is 72.8 Å². The number of unbranched alkanes of at least 4 members (excludes halogenated alkanes) is 1. The summed E-state index contributed by atoms with van der Waals surface area (Å²) in [4.78, 5) is 15.0. The molecule has 220 valence electrons. The van der Waals surface area contributed by atoms with Gasteiger partial charge in [0.25, 0.3) is 5.91 Å². The molecule has 1 atom stereocenters. The highest BCUT2D eigenvalue weighted by Gasteiger charge is 2.49. The van der Waals surface area contributed by atoms with Crippen molar-refractivity contribution in [3.63, 3.8) is 0 Å². The lowest BCUT2D eigenvalue weighted by molar-refractivity contribution is -0.0500. The minimum Gasteiger partial charge on any atom is -0.376 e. The van der Waals surface area contributed by atoms with Crippen LogP contribution in [0.2, 0.25) is 0 Å². The van der Waals surface area contributed by atoms with Gasteiger partial charge in [-0.2, -0.15) is 21.6 Å². The number of alkyl halides is 3. The molecule has 0 fully saturated rings. The van der Waals surface area contributed by atoms with E-state index in [0.29, 0.717) is 36.9 Å². The molecule has 0 bridgehead atoms. The number of hydrogen-bond acceptors (Lipinski definition) is 5. The molecule has 0 aliphatic heterocycles. The van der Waals surface area contributed by atoms with Crippen LogP contribution in [0.1, 0.15) is 54.1 Å². The Balaban J connectivity index is 1.27. The number of nitrogens with zero attached hydrogens (tertiary/aromatic N) is 1. The van der Waals surface area contributed by atoms with E-state index in [0.717, 1.165) is 49.0 Å². The maximum atomic E-state index is 12.8. The molecule has 3 aromatic rings. The van der Waals surface area contributed by atoms with Gasteiger partial charge in [-0.05, 0) is 92.1 Å². The topological polar surface area (TPSA) is 75.7 Å². The largest absolute Gasteiger partial charge is 0.534 e. The van der Waals surface area contributed by atoms with E-state index in [4.69, 9.17) is 0 Å². The Labute approximate surface area is 239 Å². The summed E-state index contributed by atoms with van der Waals surface area (Å²) < 4.78 is 66.1. The van der Waals surface area contributed by atoms with Crippen LogP contribution in [0.3, 0.4) is 0 Å². The van der Waals surface area contributed by atoms with Crippen molar-refractivity contribution in [2.45, 2.75) is 57.0 Å². The van der Waals surface area contributed by atoms with Crippen LogP contribution in [0, 0.1) is 0 Å². The number of benzene rings is 3. The van der Waals surface area contributed by atoms with Gasteiger partial charge in [-0.3, -0.25) is 4.79 Å². The third-order valence-electron chi connectivity index (χ3n) is 7.34. The Morgan fingerprint density at radius 2 is 1.66 bits per heavy atom. The third-order valence-corrected chi connectivity index (χ3v) is 8.30. The molecule has 1 aliphatic rings. The molecule has 1 aliphatic carbocycles. The van der Waals surface area contributed by atoms with Crippen molar-refractivity contribution in [2.75, 3.05) is 19.6 Å². The minimum atomic E-state index is -5.72. The number of carbonyl (C=O) groups is 1. The van der Waals surface area contributed by atoms with Crippen LogP contribution >= 0.6 is 0 Å². The molecule has 0 aromatic heterocycles. The summed E-state index contributed by atoms with van der Waals surface area (Å²) in [5.41, 5.74) is -1.38. The SMILES string of the molecule is CCCN(CCCCNC(=O)c1ccc(-c2ccccc2)cc1)[C@@H]1CCc2c(cccc2OS(=O)(=O)C(F)(F)F)C1. The summed E-state index contributed by atoms with van der Waals surface area (Å²) in [6, 6.07) is 22.3. The Morgan fingerprint density at radius 1 is 0.951 bits per heavy atom. The Kier molecular flexibility index (Phi) is 10.1. The van der Waals surface area contributed by atoms with E-state index in [1.54, 1.807) is 0 Å². The summed E-state index contributed by atoms with van der Waals surface area (Å²) in [5.74, 6) is -0.352. The van der Waals surface area contributed by atoms with Crippen LogP contribution in [-0.4, -0.2) is 50.4 Å². The van der Waals surface area contributed by atoms with E-state index < -0.39 is 15.6 Å². The Morgan fingerprint density at radius 3 is 2.34 bits per heavy atom. The molecule has 1 N–H and O–H groups in total. The highest BCUT2D eigenvalue weighted by molar-refractivity contribution is 7.88. The van der Waals surface area contributed by atoms with Crippen molar-refractivity contribution in [1.82, 2.24) is 10.2 Å². The van der Waals surface area contributed by atoms with Crippen LogP contribution in [0.25, 0.3) is 11.1 Å². The molecule has 0 saturated heterocycles. The van der Waals surface area contributed by atoms with Gasteiger partial charge in [-0.25, -0.2) is 0 Å². The van der Waals surface area contributed by atoms with Crippen LogP contribution in [0.5, 0.6) is 5.75 Å². The van der Waals surface area contributed by atoms with Crippen molar-refractivity contribution < 1.29 is 30.6 Å². The summed E-state index contributed by atoms with van der Waals surface area (Å²) in [5, 5.41) is 2.99. The molecule has 0 heterocycles. The fourth-order valence-electron chi connectivity index (χ4n) is 5.26. The second-order valence-electron chi connectivity index (χ2n) is 10.2. The molecule has 0 spiro atoms. The lowest BCUT2D eigenvalue weighted by Gasteiger charge is -2.35. The molecule has 10 heteroatoms. The number of hydrogen-bond donors (Lipinski definition) is 1. The molecule has 0 radical (unpaired) electrons. The number of fused-ring (bicyclic) bond motifs is 1. The van der Waals surface area contributed by atoms with Crippen molar-refractivity contribution in [1.29, 1.82) is 0 Å². The van der Waals surface area contributed by atoms with E-state index in [1.165, 1.54) is 12.1 Å². The van der Waals surface area contributed by atoms with E-state index in [2.05, 4.69) is 21.3 Å². The Bertz CT molecular complexity index is 1410. The van der Waals surface area contributed by atoms with Gasteiger partial charge < -0.3 is 14.4 Å². The van der Waals surface area contributed by atoms with Gasteiger partial charge in [-0.15, -0.1) is 0 Å². The van der Waals surface area contributed by atoms with Crippen LogP contribution in [-0.2, 0) is 23.0 Å². The normalized spacial score (nSPS) is 15.4. The van der Waals surface area contributed by atoms with Crippen molar-refractivity contribution >= 4 is 16.0 Å². The molecule has 6 nitrogen and oxygen atoms in total. The first kappa shape index (κ1) is 30.6. The van der Waals surface area contributed by atoms with Gasteiger partial charge in [0, 0.05) is 18.2 Å². The number of amides is 1. The molecule has 0 saturated carbocycles. The zero-order valence-electron chi connectivity index (χ0n) is 23.0. The molecule has 3 aromatic carbocycles. The monoisotopic (exact) mass is 588 g/mol. The lowest BCUT2D eigenvalue weighted by atomic mass is 9.86. The first-order chi connectivity index (χ1) is 19.6. The summed E-state index contributed by atoms with van der Waals surface area (Å²) in [6.45, 7) is 4.36. The average Bonchev–Trinajstić information content (AvgIpc) is 2.96. The van der Waals surface area contributed by atoms with Crippen LogP contribution in [0.4, 0.5) is 13.2 Å². The highest BCUT2D eigenvalue weighted by Crippen LogP contribution is 2.35.